The van der Waals surface area contributed by atoms with E-state index in [2.05, 4.69) is 39.9 Å². The molecular formula is C21H30FIN4. The minimum Gasteiger partial charge on any atom is -0.357 e. The van der Waals surface area contributed by atoms with Crippen LogP contribution >= 0.6 is 24.0 Å². The minimum atomic E-state index is -0.167. The van der Waals surface area contributed by atoms with Crippen LogP contribution in [0.4, 0.5) is 4.39 Å². The molecule has 0 spiro atoms. The third kappa shape index (κ3) is 8.71. The lowest BCUT2D eigenvalue weighted by Crippen LogP contribution is -2.38. The van der Waals surface area contributed by atoms with Gasteiger partial charge in [0.15, 0.2) is 5.96 Å². The molecule has 0 radical (unpaired) electrons. The van der Waals surface area contributed by atoms with Crippen molar-refractivity contribution >= 4 is 29.9 Å². The van der Waals surface area contributed by atoms with E-state index in [1.54, 1.807) is 6.07 Å². The number of guanidine groups is 1. The summed E-state index contributed by atoms with van der Waals surface area (Å²) in [6.07, 6.45) is 0.939. The summed E-state index contributed by atoms with van der Waals surface area (Å²) in [5.74, 6) is 0.612. The molecule has 0 aliphatic heterocycles. The van der Waals surface area contributed by atoms with E-state index in [0.717, 1.165) is 31.0 Å². The van der Waals surface area contributed by atoms with Crippen LogP contribution in [0.15, 0.2) is 53.5 Å². The van der Waals surface area contributed by atoms with Crippen LogP contribution in [-0.4, -0.2) is 38.0 Å². The third-order valence-electron chi connectivity index (χ3n) is 3.91. The van der Waals surface area contributed by atoms with E-state index in [1.807, 2.05) is 38.1 Å². The number of hydrogen-bond acceptors (Lipinski definition) is 2. The van der Waals surface area contributed by atoms with Crippen LogP contribution < -0.4 is 10.6 Å². The number of hydrogen-bond donors (Lipinski definition) is 2. The maximum atomic E-state index is 13.9. The van der Waals surface area contributed by atoms with Crippen molar-refractivity contribution in [1.29, 1.82) is 0 Å². The van der Waals surface area contributed by atoms with Crippen LogP contribution in [0.1, 0.15) is 23.6 Å². The molecule has 6 heteroatoms. The van der Waals surface area contributed by atoms with Crippen molar-refractivity contribution in [2.24, 2.45) is 4.99 Å². The Labute approximate surface area is 179 Å². The highest BCUT2D eigenvalue weighted by atomic mass is 127. The Kier molecular flexibility index (Phi) is 11.0. The van der Waals surface area contributed by atoms with Gasteiger partial charge in [0.25, 0.3) is 0 Å². The molecule has 2 aromatic rings. The average molecular weight is 484 g/mol. The molecule has 2 rings (SSSR count). The van der Waals surface area contributed by atoms with Crippen LogP contribution in [0.5, 0.6) is 0 Å². The molecular weight excluding hydrogens is 454 g/mol. The quantitative estimate of drug-likeness (QED) is 0.340. The summed E-state index contributed by atoms with van der Waals surface area (Å²) in [6, 6.07) is 15.6. The molecule has 2 N–H and O–H groups in total. The lowest BCUT2D eigenvalue weighted by Gasteiger charge is -2.13. The highest BCUT2D eigenvalue weighted by molar-refractivity contribution is 14.0. The fourth-order valence-electron chi connectivity index (χ4n) is 2.67. The van der Waals surface area contributed by atoms with E-state index in [0.29, 0.717) is 18.7 Å². The second-order valence-corrected chi connectivity index (χ2v) is 6.52. The first-order chi connectivity index (χ1) is 12.6. The van der Waals surface area contributed by atoms with Crippen LogP contribution in [0.2, 0.25) is 0 Å². The molecule has 0 amide bonds. The highest BCUT2D eigenvalue weighted by Gasteiger charge is 2.05. The number of rotatable bonds is 8. The van der Waals surface area contributed by atoms with Crippen LogP contribution in [-0.2, 0) is 19.5 Å². The smallest absolute Gasteiger partial charge is 0.191 e. The zero-order valence-corrected chi connectivity index (χ0v) is 18.7. The maximum Gasteiger partial charge on any atom is 0.191 e. The average Bonchev–Trinajstić information content (AvgIpc) is 2.62. The van der Waals surface area contributed by atoms with Gasteiger partial charge in [-0.2, -0.15) is 0 Å². The van der Waals surface area contributed by atoms with Gasteiger partial charge in [-0.25, -0.2) is 9.38 Å². The van der Waals surface area contributed by atoms with Crippen molar-refractivity contribution in [3.05, 3.63) is 71.0 Å². The molecule has 0 unspecified atom stereocenters. The van der Waals surface area contributed by atoms with E-state index >= 15 is 0 Å². The summed E-state index contributed by atoms with van der Waals surface area (Å²) >= 11 is 0. The van der Waals surface area contributed by atoms with Gasteiger partial charge in [0, 0.05) is 25.2 Å². The first-order valence-electron chi connectivity index (χ1n) is 9.06. The van der Waals surface area contributed by atoms with Gasteiger partial charge in [-0.3, -0.25) is 0 Å². The van der Waals surface area contributed by atoms with Crippen molar-refractivity contribution < 1.29 is 4.39 Å². The van der Waals surface area contributed by atoms with Crippen molar-refractivity contribution in [3.8, 4) is 0 Å². The Morgan fingerprint density at radius 3 is 2.44 bits per heavy atom. The number of halogens is 2. The number of aliphatic imine (C=N–C) groups is 1. The van der Waals surface area contributed by atoms with E-state index < -0.39 is 0 Å². The van der Waals surface area contributed by atoms with E-state index in [-0.39, 0.29) is 29.8 Å². The summed E-state index contributed by atoms with van der Waals surface area (Å²) in [5.41, 5.74) is 3.00. The Hall–Kier alpha value is -1.67. The lowest BCUT2D eigenvalue weighted by atomic mass is 10.1. The molecule has 0 aliphatic carbocycles. The second-order valence-electron chi connectivity index (χ2n) is 6.52. The standard InChI is InChI=1S/C21H29FN4.HI/c1-4-23-21(24-13-12-17-8-6-5-7-9-17)25-15-18-10-11-20(22)19(14-18)16-26(2)3;/h5-11,14H,4,12-13,15-16H2,1-3H3,(H2,23,24,25);1H. The van der Waals surface area contributed by atoms with Crippen LogP contribution in [0.3, 0.4) is 0 Å². The Morgan fingerprint density at radius 1 is 1.04 bits per heavy atom. The van der Waals surface area contributed by atoms with Gasteiger partial charge >= 0.3 is 0 Å². The summed E-state index contributed by atoms with van der Waals surface area (Å²) in [7, 11) is 3.87. The van der Waals surface area contributed by atoms with Gasteiger partial charge in [0.05, 0.1) is 6.54 Å². The second kappa shape index (κ2) is 12.7. The van der Waals surface area contributed by atoms with Crippen molar-refractivity contribution in [1.82, 2.24) is 15.5 Å². The first-order valence-corrected chi connectivity index (χ1v) is 9.06. The molecule has 27 heavy (non-hydrogen) atoms. The van der Waals surface area contributed by atoms with Gasteiger partial charge in [-0.1, -0.05) is 36.4 Å². The number of benzene rings is 2. The SMILES string of the molecule is CCNC(=NCc1ccc(F)c(CN(C)C)c1)NCCc1ccccc1.I. The first kappa shape index (κ1) is 23.4. The molecule has 0 atom stereocenters. The van der Waals surface area contributed by atoms with Crippen LogP contribution in [0, 0.1) is 5.82 Å². The topological polar surface area (TPSA) is 39.7 Å². The Balaban J connectivity index is 0.00000364. The minimum absolute atomic E-state index is 0. The number of nitrogens with one attached hydrogen (secondary N) is 2. The molecule has 4 nitrogen and oxygen atoms in total. The molecule has 0 aliphatic rings. The fourth-order valence-corrected chi connectivity index (χ4v) is 2.67. The van der Waals surface area contributed by atoms with Gasteiger partial charge in [0.2, 0.25) is 0 Å². The van der Waals surface area contributed by atoms with E-state index in [4.69, 9.17) is 0 Å². The van der Waals surface area contributed by atoms with Crippen molar-refractivity contribution in [3.63, 3.8) is 0 Å². The zero-order valence-electron chi connectivity index (χ0n) is 16.3. The predicted octanol–water partition coefficient (Wildman–Crippen LogP) is 3.80. The van der Waals surface area contributed by atoms with Gasteiger partial charge in [-0.05, 0) is 50.7 Å². The number of nitrogens with zero attached hydrogens (tertiary/aromatic N) is 2. The predicted molar refractivity (Wildman–Crippen MR) is 122 cm³/mol. The van der Waals surface area contributed by atoms with E-state index in [9.17, 15) is 4.39 Å². The zero-order chi connectivity index (χ0) is 18.8. The molecule has 0 saturated heterocycles. The van der Waals surface area contributed by atoms with Gasteiger partial charge in [0.1, 0.15) is 5.82 Å². The Bertz CT molecular complexity index is 705. The molecule has 148 valence electrons. The molecule has 2 aromatic carbocycles. The Morgan fingerprint density at radius 2 is 1.78 bits per heavy atom. The van der Waals surface area contributed by atoms with Crippen molar-refractivity contribution in [2.75, 3.05) is 27.2 Å². The normalized spacial score (nSPS) is 11.2. The lowest BCUT2D eigenvalue weighted by molar-refractivity contribution is 0.392. The summed E-state index contributed by atoms with van der Waals surface area (Å²) < 4.78 is 13.9. The summed E-state index contributed by atoms with van der Waals surface area (Å²) in [4.78, 5) is 6.58. The molecule has 0 aromatic heterocycles. The fraction of sp³-hybridized carbons (Fsp3) is 0.381. The summed E-state index contributed by atoms with van der Waals surface area (Å²) in [6.45, 7) is 4.75. The molecule has 0 heterocycles. The largest absolute Gasteiger partial charge is 0.357 e. The van der Waals surface area contributed by atoms with Gasteiger partial charge in [-0.15, -0.1) is 24.0 Å². The molecule has 0 fully saturated rings. The highest BCUT2D eigenvalue weighted by Crippen LogP contribution is 2.13. The third-order valence-corrected chi connectivity index (χ3v) is 3.91. The monoisotopic (exact) mass is 484 g/mol. The molecule has 0 bridgehead atoms. The van der Waals surface area contributed by atoms with Crippen molar-refractivity contribution in [2.45, 2.75) is 26.4 Å². The van der Waals surface area contributed by atoms with E-state index in [1.165, 1.54) is 11.6 Å². The maximum absolute atomic E-state index is 13.9. The van der Waals surface area contributed by atoms with Crippen LogP contribution in [0.25, 0.3) is 0 Å². The molecule has 0 saturated carbocycles. The van der Waals surface area contributed by atoms with Gasteiger partial charge < -0.3 is 15.5 Å². The summed E-state index contributed by atoms with van der Waals surface area (Å²) in [5, 5.41) is 6.61.